The molecule has 0 saturated heterocycles. The van der Waals surface area contributed by atoms with Gasteiger partial charge in [0.1, 0.15) is 17.3 Å². The average molecular weight is 440 g/mol. The van der Waals surface area contributed by atoms with Crippen LogP contribution in [0.1, 0.15) is 5.56 Å². The predicted octanol–water partition coefficient (Wildman–Crippen LogP) is 1.27. The molecule has 156 valence electrons. The van der Waals surface area contributed by atoms with Crippen molar-refractivity contribution < 1.29 is 32.3 Å². The molecule has 0 bridgehead atoms. The minimum Gasteiger partial charge on any atom is -0.468 e. The number of carbonyl (C=O) groups is 3. The van der Waals surface area contributed by atoms with Crippen LogP contribution in [0, 0.1) is 0 Å². The van der Waals surface area contributed by atoms with Gasteiger partial charge in [-0.2, -0.15) is 0 Å². The molecule has 1 N–H and O–H groups in total. The van der Waals surface area contributed by atoms with Crippen LogP contribution in [0.25, 0.3) is 0 Å². The van der Waals surface area contributed by atoms with Crippen LogP contribution in [0.4, 0.5) is 5.69 Å². The fourth-order valence-corrected chi connectivity index (χ4v) is 4.32. The Hall–Kier alpha value is -2.92. The van der Waals surface area contributed by atoms with E-state index in [-0.39, 0.29) is 23.7 Å². The number of nitrogens with zero attached hydrogens (tertiary/aromatic N) is 1. The molecule has 0 aliphatic carbocycles. The predicted molar refractivity (Wildman–Crippen MR) is 106 cm³/mol. The lowest BCUT2D eigenvalue weighted by Gasteiger charge is -2.20. The molecule has 0 aliphatic heterocycles. The lowest BCUT2D eigenvalue weighted by molar-refractivity contribution is -0.151. The van der Waals surface area contributed by atoms with E-state index in [0.29, 0.717) is 11.3 Å². The molecule has 0 atom stereocenters. The van der Waals surface area contributed by atoms with E-state index in [9.17, 15) is 22.8 Å². The van der Waals surface area contributed by atoms with Crippen molar-refractivity contribution in [2.45, 2.75) is 10.6 Å². The van der Waals surface area contributed by atoms with E-state index in [1.807, 2.05) is 0 Å². The summed E-state index contributed by atoms with van der Waals surface area (Å²) in [6.07, 6.45) is -0.0913. The number of hydrogen-bond acceptors (Lipinski definition) is 8. The first-order valence-electron chi connectivity index (χ1n) is 8.32. The summed E-state index contributed by atoms with van der Waals surface area (Å²) in [6.45, 7) is -0.772. The number of methoxy groups -OCH3 is 2. The second-order valence-corrected chi connectivity index (χ2v) is 8.67. The van der Waals surface area contributed by atoms with Gasteiger partial charge in [0.15, 0.2) is 0 Å². The van der Waals surface area contributed by atoms with E-state index in [2.05, 4.69) is 14.2 Å². The molecule has 0 unspecified atom stereocenters. The van der Waals surface area contributed by atoms with Gasteiger partial charge in [-0.25, -0.2) is 8.42 Å². The number of ether oxygens (including phenoxy) is 2. The number of carbonyl (C=O) groups excluding carboxylic acids is 3. The molecule has 0 saturated carbocycles. The van der Waals surface area contributed by atoms with Crippen molar-refractivity contribution in [3.8, 4) is 0 Å². The molecule has 0 spiro atoms. The highest BCUT2D eigenvalue weighted by Gasteiger charge is 2.21. The minimum atomic E-state index is -3.66. The zero-order valence-corrected chi connectivity index (χ0v) is 17.4. The number of benzene rings is 1. The van der Waals surface area contributed by atoms with Crippen molar-refractivity contribution >= 4 is 44.9 Å². The lowest BCUT2D eigenvalue weighted by Crippen LogP contribution is -2.41. The summed E-state index contributed by atoms with van der Waals surface area (Å²) in [5.41, 5.74) is 0.921. The zero-order valence-electron chi connectivity index (χ0n) is 15.8. The van der Waals surface area contributed by atoms with E-state index in [4.69, 9.17) is 0 Å². The number of rotatable bonds is 9. The molecule has 1 aromatic heterocycles. The van der Waals surface area contributed by atoms with E-state index >= 15 is 0 Å². The summed E-state index contributed by atoms with van der Waals surface area (Å²) in [7, 11) is -1.30. The molecular formula is C18H20N2O7S2. The molecule has 2 rings (SSSR count). The van der Waals surface area contributed by atoms with Crippen molar-refractivity contribution in [3.63, 3.8) is 0 Å². The standard InChI is InChI=1S/C18H20N2O7S2/c1-26-16(22)11-20(12-17(23)27-2)15(21)10-13-5-7-14(8-6-13)19-29(24,25)18-4-3-9-28-18/h3-9,19H,10-12H2,1-2H3. The normalized spacial score (nSPS) is 10.8. The molecule has 0 fully saturated rings. The SMILES string of the molecule is COC(=O)CN(CC(=O)OC)C(=O)Cc1ccc(NS(=O)(=O)c2cccs2)cc1. The highest BCUT2D eigenvalue weighted by atomic mass is 32.2. The molecule has 2 aromatic rings. The summed E-state index contributed by atoms with van der Waals surface area (Å²) < 4.78 is 36.2. The van der Waals surface area contributed by atoms with E-state index in [1.54, 1.807) is 23.6 Å². The Morgan fingerprint density at radius 2 is 1.59 bits per heavy atom. The number of amides is 1. The van der Waals surface area contributed by atoms with Gasteiger partial charge in [-0.3, -0.25) is 19.1 Å². The van der Waals surface area contributed by atoms with Crippen molar-refractivity contribution in [2.24, 2.45) is 0 Å². The van der Waals surface area contributed by atoms with Crippen LogP contribution in [-0.2, 0) is 40.3 Å². The monoisotopic (exact) mass is 440 g/mol. The highest BCUT2D eigenvalue weighted by molar-refractivity contribution is 7.94. The fraction of sp³-hybridized carbons (Fsp3) is 0.278. The van der Waals surface area contributed by atoms with E-state index in [1.165, 1.54) is 32.4 Å². The second-order valence-electron chi connectivity index (χ2n) is 5.81. The largest absolute Gasteiger partial charge is 0.468 e. The molecule has 11 heteroatoms. The van der Waals surface area contributed by atoms with Gasteiger partial charge in [0, 0.05) is 5.69 Å². The third-order valence-electron chi connectivity index (χ3n) is 3.77. The average Bonchev–Trinajstić information content (AvgIpc) is 3.24. The van der Waals surface area contributed by atoms with Crippen molar-refractivity contribution in [1.29, 1.82) is 0 Å². The maximum Gasteiger partial charge on any atom is 0.325 e. The minimum absolute atomic E-state index is 0.0913. The van der Waals surface area contributed by atoms with Gasteiger partial charge in [-0.15, -0.1) is 11.3 Å². The summed E-state index contributed by atoms with van der Waals surface area (Å²) in [5, 5.41) is 1.66. The van der Waals surface area contributed by atoms with Gasteiger partial charge >= 0.3 is 11.9 Å². The Morgan fingerprint density at radius 1 is 1.00 bits per heavy atom. The van der Waals surface area contributed by atoms with Gasteiger partial charge in [0.05, 0.1) is 20.6 Å². The first kappa shape index (κ1) is 22.4. The first-order valence-corrected chi connectivity index (χ1v) is 10.7. The molecule has 1 heterocycles. The van der Waals surface area contributed by atoms with Gasteiger partial charge < -0.3 is 14.4 Å². The Labute approximate surface area is 172 Å². The summed E-state index contributed by atoms with van der Waals surface area (Å²) in [5.74, 6) is -1.81. The molecule has 29 heavy (non-hydrogen) atoms. The van der Waals surface area contributed by atoms with Crippen molar-refractivity contribution in [1.82, 2.24) is 4.90 Å². The lowest BCUT2D eigenvalue weighted by atomic mass is 10.1. The Morgan fingerprint density at radius 3 is 2.07 bits per heavy atom. The molecular weight excluding hydrogens is 420 g/mol. The molecule has 9 nitrogen and oxygen atoms in total. The van der Waals surface area contributed by atoms with Crippen LogP contribution >= 0.6 is 11.3 Å². The van der Waals surface area contributed by atoms with Crippen LogP contribution in [0.2, 0.25) is 0 Å². The number of sulfonamides is 1. The molecule has 0 radical (unpaired) electrons. The molecule has 1 aromatic carbocycles. The molecule has 1 amide bonds. The summed E-state index contributed by atoms with van der Waals surface area (Å²) >= 11 is 1.10. The maximum atomic E-state index is 12.5. The summed E-state index contributed by atoms with van der Waals surface area (Å²) in [4.78, 5) is 36.5. The van der Waals surface area contributed by atoms with Gasteiger partial charge in [0.2, 0.25) is 5.91 Å². The first-order chi connectivity index (χ1) is 13.7. The second kappa shape index (κ2) is 10.0. The number of thiophene rings is 1. The third kappa shape index (κ3) is 6.57. The smallest absolute Gasteiger partial charge is 0.325 e. The number of nitrogens with one attached hydrogen (secondary N) is 1. The van der Waals surface area contributed by atoms with Crippen LogP contribution in [0.5, 0.6) is 0 Å². The summed E-state index contributed by atoms with van der Waals surface area (Å²) in [6, 6.07) is 9.36. The number of esters is 2. The van der Waals surface area contributed by atoms with Gasteiger partial charge in [-0.1, -0.05) is 18.2 Å². The van der Waals surface area contributed by atoms with Gasteiger partial charge in [0.25, 0.3) is 10.0 Å². The van der Waals surface area contributed by atoms with Crippen molar-refractivity contribution in [3.05, 3.63) is 47.3 Å². The van der Waals surface area contributed by atoms with E-state index in [0.717, 1.165) is 16.2 Å². The fourth-order valence-electron chi connectivity index (χ4n) is 2.27. The molecule has 0 aliphatic rings. The highest BCUT2D eigenvalue weighted by Crippen LogP contribution is 2.20. The van der Waals surface area contributed by atoms with Gasteiger partial charge in [-0.05, 0) is 29.1 Å². The topological polar surface area (TPSA) is 119 Å². The third-order valence-corrected chi connectivity index (χ3v) is 6.55. The van der Waals surface area contributed by atoms with Crippen LogP contribution in [0.15, 0.2) is 46.0 Å². The van der Waals surface area contributed by atoms with Crippen molar-refractivity contribution in [2.75, 3.05) is 32.0 Å². The Balaban J connectivity index is 2.05. The Bertz CT molecular complexity index is 937. The van der Waals surface area contributed by atoms with Crippen LogP contribution in [-0.4, -0.2) is 58.5 Å². The van der Waals surface area contributed by atoms with Crippen LogP contribution < -0.4 is 4.72 Å². The maximum absolute atomic E-state index is 12.5. The number of hydrogen-bond donors (Lipinski definition) is 1. The quantitative estimate of drug-likeness (QED) is 0.583. The number of anilines is 1. The zero-order chi connectivity index (χ0) is 21.4. The van der Waals surface area contributed by atoms with Crippen LogP contribution in [0.3, 0.4) is 0 Å². The Kier molecular flexibility index (Phi) is 7.74. The van der Waals surface area contributed by atoms with E-state index < -0.39 is 27.9 Å².